The predicted molar refractivity (Wildman–Crippen MR) is 73.0 cm³/mol. The maximum Gasteiger partial charge on any atom is 0.338 e. The van der Waals surface area contributed by atoms with Crippen molar-refractivity contribution in [3.8, 4) is 6.07 Å². The standard InChI is InChI=1S/C15H15NO4/c1-2-20-15(19)13-6-3-5-11(8-9-14(17)18)12(13)7-4-10-16/h3,5-6,8-9H,2,4,7H2,1H3,(H,17,18)/b9-8+. The number of benzene rings is 1. The molecule has 0 heterocycles. The van der Waals surface area contributed by atoms with Gasteiger partial charge < -0.3 is 9.84 Å². The number of nitrogens with zero attached hydrogens (tertiary/aromatic N) is 1. The fourth-order valence-electron chi connectivity index (χ4n) is 1.78. The second-order valence-electron chi connectivity index (χ2n) is 3.92. The average Bonchev–Trinajstić information content (AvgIpc) is 2.43. The molecule has 5 heteroatoms. The molecule has 0 saturated heterocycles. The van der Waals surface area contributed by atoms with Gasteiger partial charge in [-0.25, -0.2) is 9.59 Å². The first-order chi connectivity index (χ1) is 9.60. The van der Waals surface area contributed by atoms with E-state index in [1.165, 1.54) is 6.08 Å². The number of ether oxygens (including phenoxy) is 1. The van der Waals surface area contributed by atoms with Crippen molar-refractivity contribution in [1.29, 1.82) is 5.26 Å². The lowest BCUT2D eigenvalue weighted by Gasteiger charge is -2.10. The second kappa shape index (κ2) is 7.74. The normalized spacial score (nSPS) is 10.2. The molecule has 1 aromatic rings. The lowest BCUT2D eigenvalue weighted by molar-refractivity contribution is -0.131. The molecule has 1 N–H and O–H groups in total. The van der Waals surface area contributed by atoms with Crippen molar-refractivity contribution in [1.82, 2.24) is 0 Å². The maximum absolute atomic E-state index is 11.9. The van der Waals surface area contributed by atoms with Crippen LogP contribution in [0.2, 0.25) is 0 Å². The van der Waals surface area contributed by atoms with Crippen LogP contribution in [0.1, 0.15) is 34.8 Å². The number of rotatable bonds is 6. The summed E-state index contributed by atoms with van der Waals surface area (Å²) in [6.07, 6.45) is 3.02. The first-order valence-electron chi connectivity index (χ1n) is 6.17. The Hall–Kier alpha value is -2.61. The Bertz CT molecular complexity index is 570. The molecule has 0 fully saturated rings. The number of carbonyl (C=O) groups excluding carboxylic acids is 1. The van der Waals surface area contributed by atoms with E-state index in [1.807, 2.05) is 6.07 Å². The van der Waals surface area contributed by atoms with Gasteiger partial charge in [0.2, 0.25) is 0 Å². The molecule has 5 nitrogen and oxygen atoms in total. The molecule has 0 aliphatic carbocycles. The molecule has 1 aromatic carbocycles. The highest BCUT2D eigenvalue weighted by molar-refractivity contribution is 5.93. The van der Waals surface area contributed by atoms with Crippen LogP contribution in [-0.2, 0) is 16.0 Å². The Morgan fingerprint density at radius 3 is 2.80 bits per heavy atom. The van der Waals surface area contributed by atoms with Gasteiger partial charge in [0.15, 0.2) is 0 Å². The summed E-state index contributed by atoms with van der Waals surface area (Å²) in [6, 6.07) is 6.99. The van der Waals surface area contributed by atoms with Crippen LogP contribution in [0, 0.1) is 11.3 Å². The summed E-state index contributed by atoms with van der Waals surface area (Å²) < 4.78 is 4.97. The Morgan fingerprint density at radius 2 is 2.20 bits per heavy atom. The number of hydrogen-bond acceptors (Lipinski definition) is 4. The van der Waals surface area contributed by atoms with Crippen molar-refractivity contribution in [2.75, 3.05) is 6.61 Å². The molecule has 0 amide bonds. The molecule has 0 aliphatic rings. The van der Waals surface area contributed by atoms with Crippen LogP contribution in [0.4, 0.5) is 0 Å². The van der Waals surface area contributed by atoms with E-state index >= 15 is 0 Å². The lowest BCUT2D eigenvalue weighted by atomic mass is 9.96. The third kappa shape index (κ3) is 4.25. The number of esters is 1. The molecule has 0 saturated carbocycles. The topological polar surface area (TPSA) is 87.4 Å². The number of aliphatic carboxylic acids is 1. The zero-order valence-electron chi connectivity index (χ0n) is 11.1. The van der Waals surface area contributed by atoms with Crippen LogP contribution in [0.3, 0.4) is 0 Å². The summed E-state index contributed by atoms with van der Waals surface area (Å²) in [5.41, 5.74) is 1.60. The molecular weight excluding hydrogens is 258 g/mol. The van der Waals surface area contributed by atoms with Gasteiger partial charge in [-0.1, -0.05) is 12.1 Å². The van der Waals surface area contributed by atoms with Crippen molar-refractivity contribution >= 4 is 18.0 Å². The van der Waals surface area contributed by atoms with Crippen molar-refractivity contribution < 1.29 is 19.4 Å². The summed E-state index contributed by atoms with van der Waals surface area (Å²) in [6.45, 7) is 1.97. The Kier molecular flexibility index (Phi) is 5.98. The van der Waals surface area contributed by atoms with Gasteiger partial charge in [-0.3, -0.25) is 0 Å². The van der Waals surface area contributed by atoms with Crippen LogP contribution in [0.25, 0.3) is 6.08 Å². The van der Waals surface area contributed by atoms with Gasteiger partial charge in [-0.2, -0.15) is 5.26 Å². The Labute approximate surface area is 117 Å². The summed E-state index contributed by atoms with van der Waals surface area (Å²) in [5, 5.41) is 17.4. The SMILES string of the molecule is CCOC(=O)c1cccc(/C=C/C(=O)O)c1CCC#N. The van der Waals surface area contributed by atoms with E-state index in [9.17, 15) is 9.59 Å². The number of carboxylic acids is 1. The Balaban J connectivity index is 3.23. The van der Waals surface area contributed by atoms with Gasteiger partial charge in [0.05, 0.1) is 18.2 Å². The zero-order valence-corrected chi connectivity index (χ0v) is 11.1. The van der Waals surface area contributed by atoms with E-state index in [1.54, 1.807) is 25.1 Å². The largest absolute Gasteiger partial charge is 0.478 e. The van der Waals surface area contributed by atoms with E-state index in [0.717, 1.165) is 6.08 Å². The molecule has 0 aliphatic heterocycles. The van der Waals surface area contributed by atoms with Crippen molar-refractivity contribution in [2.45, 2.75) is 19.8 Å². The lowest BCUT2D eigenvalue weighted by Crippen LogP contribution is -2.09. The molecule has 0 atom stereocenters. The maximum atomic E-state index is 11.9. The minimum Gasteiger partial charge on any atom is -0.478 e. The molecule has 1 rings (SSSR count). The van der Waals surface area contributed by atoms with Crippen molar-refractivity contribution in [2.24, 2.45) is 0 Å². The number of nitriles is 1. The third-order valence-electron chi connectivity index (χ3n) is 2.60. The summed E-state index contributed by atoms with van der Waals surface area (Å²) >= 11 is 0. The first kappa shape index (κ1) is 15.4. The fraction of sp³-hybridized carbons (Fsp3) is 0.267. The van der Waals surface area contributed by atoms with Crippen LogP contribution in [0.5, 0.6) is 0 Å². The quantitative estimate of drug-likeness (QED) is 0.635. The highest BCUT2D eigenvalue weighted by atomic mass is 16.5. The van der Waals surface area contributed by atoms with E-state index in [0.29, 0.717) is 23.1 Å². The number of carbonyl (C=O) groups is 2. The molecular formula is C15H15NO4. The molecule has 20 heavy (non-hydrogen) atoms. The molecule has 0 unspecified atom stereocenters. The van der Waals surface area contributed by atoms with Gasteiger partial charge in [0, 0.05) is 12.5 Å². The average molecular weight is 273 g/mol. The van der Waals surface area contributed by atoms with Crippen LogP contribution >= 0.6 is 0 Å². The van der Waals surface area contributed by atoms with Crippen LogP contribution in [-0.4, -0.2) is 23.7 Å². The van der Waals surface area contributed by atoms with Crippen molar-refractivity contribution in [3.05, 3.63) is 41.0 Å². The van der Waals surface area contributed by atoms with E-state index in [2.05, 4.69) is 0 Å². The smallest absolute Gasteiger partial charge is 0.338 e. The fourth-order valence-corrected chi connectivity index (χ4v) is 1.78. The van der Waals surface area contributed by atoms with Crippen LogP contribution < -0.4 is 0 Å². The summed E-state index contributed by atoms with van der Waals surface area (Å²) in [7, 11) is 0. The zero-order chi connectivity index (χ0) is 15.0. The third-order valence-corrected chi connectivity index (χ3v) is 2.60. The summed E-state index contributed by atoms with van der Waals surface area (Å²) in [4.78, 5) is 22.5. The van der Waals surface area contributed by atoms with Crippen LogP contribution in [0.15, 0.2) is 24.3 Å². The summed E-state index contributed by atoms with van der Waals surface area (Å²) in [5.74, 6) is -1.54. The van der Waals surface area contributed by atoms with Gasteiger partial charge in [0.1, 0.15) is 0 Å². The molecule has 0 bridgehead atoms. The minimum absolute atomic E-state index is 0.240. The van der Waals surface area contributed by atoms with E-state index < -0.39 is 11.9 Å². The highest BCUT2D eigenvalue weighted by Crippen LogP contribution is 2.19. The minimum atomic E-state index is -1.07. The van der Waals surface area contributed by atoms with Crippen molar-refractivity contribution in [3.63, 3.8) is 0 Å². The molecule has 0 spiro atoms. The van der Waals surface area contributed by atoms with E-state index in [-0.39, 0.29) is 13.0 Å². The first-order valence-corrected chi connectivity index (χ1v) is 6.17. The molecule has 0 aromatic heterocycles. The number of hydrogen-bond donors (Lipinski definition) is 1. The van der Waals surface area contributed by atoms with Gasteiger partial charge >= 0.3 is 11.9 Å². The monoisotopic (exact) mass is 273 g/mol. The van der Waals surface area contributed by atoms with Gasteiger partial charge in [0.25, 0.3) is 0 Å². The van der Waals surface area contributed by atoms with E-state index in [4.69, 9.17) is 15.1 Å². The second-order valence-corrected chi connectivity index (χ2v) is 3.92. The van der Waals surface area contributed by atoms with Gasteiger partial charge in [-0.15, -0.1) is 0 Å². The van der Waals surface area contributed by atoms with Gasteiger partial charge in [-0.05, 0) is 36.6 Å². The number of carboxylic acid groups (broad SMARTS) is 1. The Morgan fingerprint density at radius 1 is 1.45 bits per heavy atom. The predicted octanol–water partition coefficient (Wildman–Crippen LogP) is 2.42. The molecule has 104 valence electrons. The molecule has 0 radical (unpaired) electrons. The highest BCUT2D eigenvalue weighted by Gasteiger charge is 2.14.